The van der Waals surface area contributed by atoms with E-state index < -0.39 is 5.97 Å². The van der Waals surface area contributed by atoms with E-state index in [4.69, 9.17) is 4.74 Å². The molecule has 0 saturated carbocycles. The van der Waals surface area contributed by atoms with Gasteiger partial charge < -0.3 is 15.2 Å². The number of nitrogens with one attached hydrogen (secondary N) is 1. The molecule has 1 fully saturated rings. The van der Waals surface area contributed by atoms with E-state index in [1.54, 1.807) is 28.9 Å². The first kappa shape index (κ1) is 15.6. The molecule has 0 unspecified atom stereocenters. The van der Waals surface area contributed by atoms with Gasteiger partial charge in [0.05, 0.1) is 17.5 Å². The van der Waals surface area contributed by atoms with Crippen molar-refractivity contribution in [1.82, 2.24) is 14.6 Å². The molecule has 0 atom stereocenters. The number of fused-ring (bicyclic) bond motifs is 1. The Kier molecular flexibility index (Phi) is 4.07. The van der Waals surface area contributed by atoms with Crippen LogP contribution in [0.4, 0.5) is 5.82 Å². The second-order valence-electron chi connectivity index (χ2n) is 6.05. The molecule has 3 aromatic rings. The molecule has 1 aliphatic rings. The van der Waals surface area contributed by atoms with Crippen LogP contribution in [-0.2, 0) is 4.74 Å². The van der Waals surface area contributed by atoms with E-state index in [-0.39, 0.29) is 5.56 Å². The summed E-state index contributed by atoms with van der Waals surface area (Å²) in [7, 11) is 0. The van der Waals surface area contributed by atoms with Gasteiger partial charge in [-0.15, -0.1) is 5.10 Å². The molecule has 1 aliphatic heterocycles. The number of carboxylic acids is 1. The van der Waals surface area contributed by atoms with Gasteiger partial charge >= 0.3 is 5.97 Å². The zero-order chi connectivity index (χ0) is 17.2. The first-order valence-corrected chi connectivity index (χ1v) is 8.23. The van der Waals surface area contributed by atoms with E-state index in [0.717, 1.165) is 43.1 Å². The van der Waals surface area contributed by atoms with Crippen LogP contribution in [0.15, 0.2) is 42.6 Å². The Bertz CT molecular complexity index is 916. The van der Waals surface area contributed by atoms with Crippen LogP contribution in [0.25, 0.3) is 16.9 Å². The number of hydrogen-bond donors (Lipinski definition) is 2. The Balaban J connectivity index is 1.69. The fraction of sp³-hybridized carbons (Fsp3) is 0.278. The van der Waals surface area contributed by atoms with Gasteiger partial charge in [-0.2, -0.15) is 0 Å². The van der Waals surface area contributed by atoms with E-state index >= 15 is 0 Å². The molecule has 0 radical (unpaired) electrons. The van der Waals surface area contributed by atoms with Gasteiger partial charge in [0.15, 0.2) is 5.65 Å². The molecule has 2 N–H and O–H groups in total. The summed E-state index contributed by atoms with van der Waals surface area (Å²) in [6.45, 7) is 1.52. The Morgan fingerprint density at radius 1 is 1.24 bits per heavy atom. The smallest absolute Gasteiger partial charge is 0.335 e. The summed E-state index contributed by atoms with van der Waals surface area (Å²) in [5.41, 5.74) is 2.48. The quantitative estimate of drug-likeness (QED) is 0.760. The minimum absolute atomic E-state index is 0.240. The van der Waals surface area contributed by atoms with Crippen molar-refractivity contribution in [3.8, 4) is 11.3 Å². The fourth-order valence-electron chi connectivity index (χ4n) is 3.01. The summed E-state index contributed by atoms with van der Waals surface area (Å²) < 4.78 is 7.12. The highest BCUT2D eigenvalue weighted by molar-refractivity contribution is 5.89. The predicted molar refractivity (Wildman–Crippen MR) is 92.8 cm³/mol. The number of hydrogen-bond acceptors (Lipinski definition) is 5. The van der Waals surface area contributed by atoms with Gasteiger partial charge in [-0.1, -0.05) is 12.1 Å². The molecular formula is C18H18N4O3. The van der Waals surface area contributed by atoms with Gasteiger partial charge in [-0.25, -0.2) is 14.3 Å². The van der Waals surface area contributed by atoms with Gasteiger partial charge in [0.25, 0.3) is 0 Å². The standard InChI is InChI=1S/C18H18N4O3/c23-18(24)13-3-1-2-12(10-13)15-11-19-17-5-4-16(21-22(15)17)20-14-6-8-25-9-7-14/h1-5,10-11,14H,6-9H2,(H,20,21)(H,23,24). The lowest BCUT2D eigenvalue weighted by Gasteiger charge is -2.23. The van der Waals surface area contributed by atoms with E-state index in [1.807, 2.05) is 18.2 Å². The number of carboxylic acid groups (broad SMARTS) is 1. The van der Waals surface area contributed by atoms with Crippen LogP contribution in [0.5, 0.6) is 0 Å². The van der Waals surface area contributed by atoms with Crippen LogP contribution in [0, 0.1) is 0 Å². The van der Waals surface area contributed by atoms with Crippen LogP contribution in [-0.4, -0.2) is 44.9 Å². The highest BCUT2D eigenvalue weighted by Crippen LogP contribution is 2.22. The number of rotatable bonds is 4. The lowest BCUT2D eigenvalue weighted by Crippen LogP contribution is -2.28. The Morgan fingerprint density at radius 2 is 2.08 bits per heavy atom. The van der Waals surface area contributed by atoms with E-state index in [2.05, 4.69) is 15.4 Å². The summed E-state index contributed by atoms with van der Waals surface area (Å²) in [5, 5.41) is 17.3. The van der Waals surface area contributed by atoms with Crippen molar-refractivity contribution in [3.63, 3.8) is 0 Å². The van der Waals surface area contributed by atoms with E-state index in [0.29, 0.717) is 11.7 Å². The third-order valence-corrected chi connectivity index (χ3v) is 4.34. The summed E-state index contributed by atoms with van der Waals surface area (Å²) in [6, 6.07) is 10.9. The van der Waals surface area contributed by atoms with Gasteiger partial charge in [-0.05, 0) is 37.1 Å². The molecule has 0 amide bonds. The molecule has 3 heterocycles. The topological polar surface area (TPSA) is 88.8 Å². The van der Waals surface area contributed by atoms with Gasteiger partial charge in [0.2, 0.25) is 0 Å². The molecule has 0 aliphatic carbocycles. The lowest BCUT2D eigenvalue weighted by molar-refractivity contribution is 0.0697. The van der Waals surface area contributed by atoms with Crippen molar-refractivity contribution in [2.75, 3.05) is 18.5 Å². The second kappa shape index (κ2) is 6.52. The number of anilines is 1. The SMILES string of the molecule is O=C(O)c1cccc(-c2cnc3ccc(NC4CCOCC4)nn23)c1. The Morgan fingerprint density at radius 3 is 2.88 bits per heavy atom. The van der Waals surface area contributed by atoms with Gasteiger partial charge in [0, 0.05) is 24.8 Å². The minimum atomic E-state index is -0.953. The van der Waals surface area contributed by atoms with Crippen LogP contribution in [0.2, 0.25) is 0 Å². The molecule has 0 spiro atoms. The van der Waals surface area contributed by atoms with Crippen molar-refractivity contribution in [1.29, 1.82) is 0 Å². The largest absolute Gasteiger partial charge is 0.478 e. The third-order valence-electron chi connectivity index (χ3n) is 4.34. The molecule has 1 saturated heterocycles. The number of aromatic nitrogens is 3. The molecule has 25 heavy (non-hydrogen) atoms. The van der Waals surface area contributed by atoms with Crippen molar-refractivity contribution < 1.29 is 14.6 Å². The van der Waals surface area contributed by atoms with Crippen LogP contribution < -0.4 is 5.32 Å². The highest BCUT2D eigenvalue weighted by Gasteiger charge is 2.15. The maximum Gasteiger partial charge on any atom is 0.335 e. The molecule has 4 rings (SSSR count). The minimum Gasteiger partial charge on any atom is -0.478 e. The molecule has 2 aromatic heterocycles. The predicted octanol–water partition coefficient (Wildman–Crippen LogP) is 2.69. The molecular weight excluding hydrogens is 320 g/mol. The van der Waals surface area contributed by atoms with Crippen molar-refractivity contribution in [3.05, 3.63) is 48.2 Å². The molecule has 7 heteroatoms. The summed E-state index contributed by atoms with van der Waals surface area (Å²) in [5.74, 6) is -0.182. The van der Waals surface area contributed by atoms with Crippen molar-refractivity contribution >= 4 is 17.4 Å². The molecule has 0 bridgehead atoms. The van der Waals surface area contributed by atoms with Gasteiger partial charge in [0.1, 0.15) is 5.82 Å². The fourth-order valence-corrected chi connectivity index (χ4v) is 3.01. The Hall–Kier alpha value is -2.93. The molecule has 128 valence electrons. The zero-order valence-electron chi connectivity index (χ0n) is 13.6. The van der Waals surface area contributed by atoms with Crippen molar-refractivity contribution in [2.24, 2.45) is 0 Å². The highest BCUT2D eigenvalue weighted by atomic mass is 16.5. The zero-order valence-corrected chi connectivity index (χ0v) is 13.6. The number of benzene rings is 1. The lowest BCUT2D eigenvalue weighted by atomic mass is 10.1. The van der Waals surface area contributed by atoms with Crippen molar-refractivity contribution in [2.45, 2.75) is 18.9 Å². The summed E-state index contributed by atoms with van der Waals surface area (Å²) >= 11 is 0. The van der Waals surface area contributed by atoms with Gasteiger partial charge in [-0.3, -0.25) is 0 Å². The number of aromatic carboxylic acids is 1. The normalized spacial score (nSPS) is 15.4. The average Bonchev–Trinajstić information content (AvgIpc) is 3.06. The van der Waals surface area contributed by atoms with Crippen LogP contribution in [0.3, 0.4) is 0 Å². The molecule has 1 aromatic carbocycles. The third kappa shape index (κ3) is 3.18. The number of imidazole rings is 1. The summed E-state index contributed by atoms with van der Waals surface area (Å²) in [6.07, 6.45) is 3.62. The Labute approximate surface area is 144 Å². The first-order valence-electron chi connectivity index (χ1n) is 8.23. The summed E-state index contributed by atoms with van der Waals surface area (Å²) in [4.78, 5) is 15.6. The molecule has 7 nitrogen and oxygen atoms in total. The monoisotopic (exact) mass is 338 g/mol. The number of nitrogens with zero attached hydrogens (tertiary/aromatic N) is 3. The maximum absolute atomic E-state index is 11.2. The van der Waals surface area contributed by atoms with E-state index in [1.165, 1.54) is 0 Å². The maximum atomic E-state index is 11.2. The number of carbonyl (C=O) groups is 1. The first-order chi connectivity index (χ1) is 12.2. The second-order valence-corrected chi connectivity index (χ2v) is 6.05. The van der Waals surface area contributed by atoms with Crippen LogP contribution >= 0.6 is 0 Å². The van der Waals surface area contributed by atoms with Crippen LogP contribution in [0.1, 0.15) is 23.2 Å². The van der Waals surface area contributed by atoms with E-state index in [9.17, 15) is 9.90 Å². The average molecular weight is 338 g/mol. The number of ether oxygens (including phenoxy) is 1.